The number of nitrogens with zero attached hydrogens (tertiary/aromatic N) is 3. The zero-order valence-electron chi connectivity index (χ0n) is 22.7. The normalized spacial score (nSPS) is 14.9. The molecule has 2 amide bonds. The predicted molar refractivity (Wildman–Crippen MR) is 148 cm³/mol. The first-order chi connectivity index (χ1) is 20.7. The molecular weight excluding hydrogens is 609 g/mol. The van der Waals surface area contributed by atoms with Crippen LogP contribution in [0.5, 0.6) is 0 Å². The monoisotopic (exact) mass is 633 g/mol. The van der Waals surface area contributed by atoms with Crippen molar-refractivity contribution in [2.24, 2.45) is 5.73 Å². The Morgan fingerprint density at radius 2 is 1.84 bits per heavy atom. The number of alkyl halides is 3. The molecule has 4 aromatic rings. The average molecular weight is 634 g/mol. The van der Waals surface area contributed by atoms with Crippen molar-refractivity contribution in [1.82, 2.24) is 20.1 Å². The molecule has 3 N–H and O–H groups in total. The van der Waals surface area contributed by atoms with Gasteiger partial charge in [-0.15, -0.1) is 0 Å². The maximum atomic E-state index is 14.2. The second kappa shape index (κ2) is 11.8. The number of fused-ring (bicyclic) bond motifs is 1. The lowest BCUT2D eigenvalue weighted by atomic mass is 9.94. The molecule has 0 saturated heterocycles. The number of carbonyl (C=O) groups excluding carboxylic acids is 2. The van der Waals surface area contributed by atoms with Gasteiger partial charge in [0.25, 0.3) is 5.91 Å². The van der Waals surface area contributed by atoms with E-state index >= 15 is 0 Å². The Bertz CT molecular complexity index is 1870. The first kappa shape index (κ1) is 30.8. The number of nitrogens with one attached hydrogen (secondary N) is 1. The summed E-state index contributed by atoms with van der Waals surface area (Å²) < 4.78 is 94.5. The van der Waals surface area contributed by atoms with Gasteiger partial charge in [-0.1, -0.05) is 24.3 Å². The number of aromatic nitrogens is 3. The van der Waals surface area contributed by atoms with Crippen LogP contribution < -0.4 is 11.1 Å². The van der Waals surface area contributed by atoms with E-state index < -0.39 is 74.8 Å². The van der Waals surface area contributed by atoms with Crippen LogP contribution in [-0.4, -0.2) is 40.7 Å². The summed E-state index contributed by atoms with van der Waals surface area (Å²) in [6, 6.07) is 11.4. The smallest absolute Gasteiger partial charge is 0.366 e. The molecule has 3 heterocycles. The number of halogens is 5. The van der Waals surface area contributed by atoms with Gasteiger partial charge in [0.05, 0.1) is 28.8 Å². The van der Waals surface area contributed by atoms with E-state index in [1.54, 1.807) is 18.2 Å². The van der Waals surface area contributed by atoms with Crippen molar-refractivity contribution < 1.29 is 40.0 Å². The van der Waals surface area contributed by atoms with Crippen molar-refractivity contribution in [2.45, 2.75) is 37.4 Å². The van der Waals surface area contributed by atoms with Gasteiger partial charge in [-0.05, 0) is 47.9 Å². The lowest BCUT2D eigenvalue weighted by Gasteiger charge is -2.22. The lowest BCUT2D eigenvalue weighted by molar-refractivity contribution is -0.142. The number of nitrogens with two attached hydrogens (primary N) is 1. The summed E-state index contributed by atoms with van der Waals surface area (Å²) in [6.45, 7) is -0.678. The van der Waals surface area contributed by atoms with Crippen molar-refractivity contribution in [2.75, 3.05) is 5.75 Å². The molecule has 0 saturated carbocycles. The third kappa shape index (κ3) is 6.61. The highest BCUT2D eigenvalue weighted by Crippen LogP contribution is 2.36. The van der Waals surface area contributed by atoms with Crippen molar-refractivity contribution in [3.63, 3.8) is 0 Å². The van der Waals surface area contributed by atoms with Crippen molar-refractivity contribution >= 4 is 21.7 Å². The van der Waals surface area contributed by atoms with Gasteiger partial charge in [-0.2, -0.15) is 18.3 Å². The number of rotatable bonds is 8. The van der Waals surface area contributed by atoms with E-state index in [0.717, 1.165) is 10.7 Å². The highest BCUT2D eigenvalue weighted by atomic mass is 32.2. The summed E-state index contributed by atoms with van der Waals surface area (Å²) >= 11 is 0. The second-order valence-electron chi connectivity index (χ2n) is 10.2. The SMILES string of the molecule is NC(=O)c1cc(-c2cccnc2[C@H](Cc2cccc(F)c2)NC(=O)Cn2nc(C(F)(F)F)c3c2CCS(=O)(=O)C3)ccc1F. The number of hydrogen-bond acceptors (Lipinski definition) is 6. The number of carbonyl (C=O) groups is 2. The maximum Gasteiger partial charge on any atom is 0.435 e. The van der Waals surface area contributed by atoms with Gasteiger partial charge in [0, 0.05) is 29.4 Å². The molecule has 230 valence electrons. The van der Waals surface area contributed by atoms with Gasteiger partial charge in [0.15, 0.2) is 15.5 Å². The van der Waals surface area contributed by atoms with Crippen LogP contribution in [0.15, 0.2) is 60.8 Å². The number of primary amides is 1. The minimum absolute atomic E-state index is 0.00667. The number of benzene rings is 2. The van der Waals surface area contributed by atoms with E-state index in [9.17, 15) is 40.0 Å². The van der Waals surface area contributed by atoms with Crippen LogP contribution in [0, 0.1) is 11.6 Å². The molecular formula is C29H24F5N5O4S. The molecule has 1 aliphatic heterocycles. The Morgan fingerprint density at radius 3 is 2.55 bits per heavy atom. The minimum atomic E-state index is -4.94. The van der Waals surface area contributed by atoms with Crippen molar-refractivity contribution in [1.29, 1.82) is 0 Å². The van der Waals surface area contributed by atoms with E-state index in [-0.39, 0.29) is 29.8 Å². The van der Waals surface area contributed by atoms with E-state index in [2.05, 4.69) is 15.4 Å². The van der Waals surface area contributed by atoms with E-state index in [1.165, 1.54) is 36.5 Å². The molecule has 0 aliphatic carbocycles. The Labute approximate surface area is 247 Å². The first-order valence-electron chi connectivity index (χ1n) is 13.2. The Kier molecular flexibility index (Phi) is 8.25. The molecule has 0 bridgehead atoms. The van der Waals surface area contributed by atoms with Gasteiger partial charge < -0.3 is 11.1 Å². The maximum absolute atomic E-state index is 14.2. The fourth-order valence-corrected chi connectivity index (χ4v) is 6.57. The topological polar surface area (TPSA) is 137 Å². The van der Waals surface area contributed by atoms with Crippen LogP contribution in [0.4, 0.5) is 22.0 Å². The molecule has 9 nitrogen and oxygen atoms in total. The highest BCUT2D eigenvalue weighted by Gasteiger charge is 2.42. The predicted octanol–water partition coefficient (Wildman–Crippen LogP) is 3.91. The third-order valence-corrected chi connectivity index (χ3v) is 8.67. The summed E-state index contributed by atoms with van der Waals surface area (Å²) in [4.78, 5) is 29.6. The summed E-state index contributed by atoms with van der Waals surface area (Å²) in [5.74, 6) is -4.42. The summed E-state index contributed by atoms with van der Waals surface area (Å²) in [5, 5.41) is 6.30. The van der Waals surface area contributed by atoms with Gasteiger partial charge >= 0.3 is 6.18 Å². The zero-order chi connectivity index (χ0) is 31.8. The molecule has 44 heavy (non-hydrogen) atoms. The number of pyridine rings is 1. The lowest BCUT2D eigenvalue weighted by Crippen LogP contribution is -2.34. The Morgan fingerprint density at radius 1 is 1.07 bits per heavy atom. The molecule has 15 heteroatoms. The largest absolute Gasteiger partial charge is 0.435 e. The summed E-state index contributed by atoms with van der Waals surface area (Å²) in [5.41, 5.74) is 4.46. The van der Waals surface area contributed by atoms with E-state index in [1.807, 2.05) is 0 Å². The summed E-state index contributed by atoms with van der Waals surface area (Å²) in [6.07, 6.45) is -3.79. The summed E-state index contributed by atoms with van der Waals surface area (Å²) in [7, 11) is -3.77. The molecule has 5 rings (SSSR count). The fraction of sp³-hybridized carbons (Fsp3) is 0.241. The van der Waals surface area contributed by atoms with Crippen LogP contribution >= 0.6 is 0 Å². The first-order valence-corrected chi connectivity index (χ1v) is 15.0. The zero-order valence-corrected chi connectivity index (χ0v) is 23.6. The molecule has 1 aliphatic rings. The van der Waals surface area contributed by atoms with Crippen LogP contribution in [-0.2, 0) is 45.9 Å². The van der Waals surface area contributed by atoms with Crippen LogP contribution in [0.3, 0.4) is 0 Å². The van der Waals surface area contributed by atoms with E-state index in [4.69, 9.17) is 5.73 Å². The second-order valence-corrected chi connectivity index (χ2v) is 12.4. The van der Waals surface area contributed by atoms with Crippen LogP contribution in [0.2, 0.25) is 0 Å². The third-order valence-electron chi connectivity index (χ3n) is 7.12. The molecule has 2 aromatic heterocycles. The molecule has 0 unspecified atom stereocenters. The van der Waals surface area contributed by atoms with Gasteiger partial charge in [0.2, 0.25) is 5.91 Å². The number of amides is 2. The average Bonchev–Trinajstić information content (AvgIpc) is 3.29. The molecule has 2 aromatic carbocycles. The fourth-order valence-electron chi connectivity index (χ4n) is 5.18. The molecule has 0 spiro atoms. The van der Waals surface area contributed by atoms with Crippen molar-refractivity contribution in [3.8, 4) is 11.1 Å². The molecule has 1 atom stereocenters. The van der Waals surface area contributed by atoms with E-state index in [0.29, 0.717) is 16.7 Å². The number of sulfone groups is 1. The van der Waals surface area contributed by atoms with Crippen LogP contribution in [0.1, 0.15) is 44.6 Å². The standard InChI is InChI=1S/C29H24F5N5O4S/c30-18-4-1-3-16(11-18)12-23(26-19(5-2-9-36-26)17-6-7-22(31)20(13-17)28(35)41)37-25(40)14-39-24-8-10-44(42,43)15-21(24)27(38-39)29(32,33)34/h1-7,9,11,13,23H,8,10,12,14-15H2,(H2,35,41)(H,37,40)/t23-/m0/s1. The molecule has 0 radical (unpaired) electrons. The van der Waals surface area contributed by atoms with Crippen molar-refractivity contribution in [3.05, 3.63) is 106 Å². The van der Waals surface area contributed by atoms with Gasteiger partial charge in [-0.25, -0.2) is 17.2 Å². The number of hydrogen-bond donors (Lipinski definition) is 2. The Hall–Kier alpha value is -4.66. The molecule has 0 fully saturated rings. The van der Waals surface area contributed by atoms with Crippen LogP contribution in [0.25, 0.3) is 11.1 Å². The van der Waals surface area contributed by atoms with Gasteiger partial charge in [-0.3, -0.25) is 19.3 Å². The minimum Gasteiger partial charge on any atom is -0.366 e. The highest BCUT2D eigenvalue weighted by molar-refractivity contribution is 7.90. The Balaban J connectivity index is 1.52. The quantitative estimate of drug-likeness (QED) is 0.283. The van der Waals surface area contributed by atoms with Gasteiger partial charge in [0.1, 0.15) is 18.2 Å².